The number of allylic oxidation sites excluding steroid dienone is 1. The van der Waals surface area contributed by atoms with E-state index in [1.54, 1.807) is 11.3 Å². The van der Waals surface area contributed by atoms with Crippen molar-refractivity contribution in [3.63, 3.8) is 0 Å². The molecule has 1 aromatic rings. The molecule has 0 aromatic carbocycles. The van der Waals surface area contributed by atoms with Crippen molar-refractivity contribution in [2.45, 2.75) is 91.8 Å². The summed E-state index contributed by atoms with van der Waals surface area (Å²) in [4.78, 5) is 30.3. The summed E-state index contributed by atoms with van der Waals surface area (Å²) < 4.78 is 5.91. The quantitative estimate of drug-likeness (QED) is 0.456. The number of rotatable bonds is 2. The second-order valence-electron chi connectivity index (χ2n) is 10.0. The van der Waals surface area contributed by atoms with Gasteiger partial charge in [-0.25, -0.2) is 4.98 Å². The van der Waals surface area contributed by atoms with Crippen LogP contribution in [0.4, 0.5) is 0 Å². The fourth-order valence-corrected chi connectivity index (χ4v) is 5.73. The predicted molar refractivity (Wildman–Crippen MR) is 128 cm³/mol. The Bertz CT molecular complexity index is 901. The van der Waals surface area contributed by atoms with E-state index in [1.165, 1.54) is 5.57 Å². The topological polar surface area (TPSA) is 76.5 Å². The number of aromatic nitrogens is 1. The molecule has 2 aliphatic rings. The maximum Gasteiger partial charge on any atom is 0.306 e. The summed E-state index contributed by atoms with van der Waals surface area (Å²) in [7, 11) is 0. The van der Waals surface area contributed by atoms with Crippen LogP contribution in [0, 0.1) is 24.2 Å². The van der Waals surface area contributed by atoms with Gasteiger partial charge in [-0.15, -0.1) is 11.3 Å². The van der Waals surface area contributed by atoms with Crippen LogP contribution in [-0.2, 0) is 14.3 Å². The smallest absolute Gasteiger partial charge is 0.306 e. The fourth-order valence-electron chi connectivity index (χ4n) is 5.16. The fraction of sp³-hybridized carbons (Fsp3) is 0.654. The van der Waals surface area contributed by atoms with Gasteiger partial charge in [0.1, 0.15) is 11.9 Å². The molecule has 3 rings (SSSR count). The van der Waals surface area contributed by atoms with E-state index in [-0.39, 0.29) is 36.1 Å². The number of Topliss-reactive ketones (excluding diaryl/α,β-unsaturated/α-hetero) is 1. The molecule has 1 aliphatic heterocycles. The van der Waals surface area contributed by atoms with E-state index < -0.39 is 11.5 Å². The average molecular weight is 460 g/mol. The van der Waals surface area contributed by atoms with Crippen LogP contribution in [0.5, 0.6) is 0 Å². The molecule has 2 bridgehead atoms. The Kier molecular flexibility index (Phi) is 8.10. The number of ketones is 1. The minimum absolute atomic E-state index is 0.0729. The zero-order chi connectivity index (χ0) is 23.5. The van der Waals surface area contributed by atoms with Crippen molar-refractivity contribution in [1.29, 1.82) is 0 Å². The van der Waals surface area contributed by atoms with Gasteiger partial charge in [-0.3, -0.25) is 9.59 Å². The van der Waals surface area contributed by atoms with E-state index in [0.29, 0.717) is 19.3 Å². The summed E-state index contributed by atoms with van der Waals surface area (Å²) >= 11 is 1.60. The standard InChI is InChI=1S/C26H37NO4S/c1-16-7-6-8-20-14-26(5,25(30)18(3)24(20)29)12-11-23(28)31-22(10-9-16)17(2)13-21-15-32-19(4)27-21/h9,13,15,18,20,22,24,29H,6-8,10-12,14H2,1-5H3/b16-9-,17-13+/t18-,20-,22+,24-,26?/m1/s1. The van der Waals surface area contributed by atoms with E-state index in [2.05, 4.69) is 18.0 Å². The van der Waals surface area contributed by atoms with Gasteiger partial charge in [0.2, 0.25) is 0 Å². The molecule has 1 unspecified atom stereocenters. The first-order valence-electron chi connectivity index (χ1n) is 11.8. The third-order valence-corrected chi connectivity index (χ3v) is 8.01. The third kappa shape index (κ3) is 5.96. The van der Waals surface area contributed by atoms with Crippen LogP contribution in [0.2, 0.25) is 0 Å². The monoisotopic (exact) mass is 459 g/mol. The summed E-state index contributed by atoms with van der Waals surface area (Å²) in [6, 6.07) is 0. The minimum Gasteiger partial charge on any atom is -0.457 e. The van der Waals surface area contributed by atoms with Gasteiger partial charge in [0, 0.05) is 29.6 Å². The van der Waals surface area contributed by atoms with Gasteiger partial charge >= 0.3 is 5.97 Å². The van der Waals surface area contributed by atoms with E-state index >= 15 is 0 Å². The number of hydrogen-bond donors (Lipinski definition) is 1. The second-order valence-corrected chi connectivity index (χ2v) is 11.1. The molecule has 6 heteroatoms. The number of carbonyl (C=O) groups excluding carboxylic acids is 2. The van der Waals surface area contributed by atoms with Crippen LogP contribution in [-0.4, -0.2) is 34.1 Å². The number of esters is 1. The van der Waals surface area contributed by atoms with Crippen molar-refractivity contribution < 1.29 is 19.4 Å². The highest BCUT2D eigenvalue weighted by molar-refractivity contribution is 7.09. The molecule has 1 aliphatic carbocycles. The molecule has 5 atom stereocenters. The highest BCUT2D eigenvalue weighted by Gasteiger charge is 2.47. The van der Waals surface area contributed by atoms with Crippen molar-refractivity contribution in [2.24, 2.45) is 17.3 Å². The van der Waals surface area contributed by atoms with Crippen LogP contribution in [0.15, 0.2) is 22.6 Å². The number of ether oxygens (including phenoxy) is 1. The molecule has 1 aromatic heterocycles. The van der Waals surface area contributed by atoms with E-state index in [4.69, 9.17) is 4.74 Å². The number of hydrogen-bond acceptors (Lipinski definition) is 6. The zero-order valence-corrected chi connectivity index (χ0v) is 20.8. The summed E-state index contributed by atoms with van der Waals surface area (Å²) in [6.45, 7) is 9.86. The molecule has 1 fully saturated rings. The summed E-state index contributed by atoms with van der Waals surface area (Å²) in [5.74, 6) is -0.494. The first-order chi connectivity index (χ1) is 15.1. The molecule has 176 valence electrons. The number of aliphatic hydroxyl groups is 1. The summed E-state index contributed by atoms with van der Waals surface area (Å²) in [6.07, 6.45) is 7.99. The maximum absolute atomic E-state index is 13.0. The number of nitrogens with zero attached hydrogens (tertiary/aromatic N) is 1. The minimum atomic E-state index is -0.591. The van der Waals surface area contributed by atoms with Gasteiger partial charge in [-0.05, 0) is 70.4 Å². The Morgan fingerprint density at radius 2 is 2.06 bits per heavy atom. The number of carbonyl (C=O) groups is 2. The lowest BCUT2D eigenvalue weighted by Crippen LogP contribution is -2.48. The van der Waals surface area contributed by atoms with E-state index in [1.807, 2.05) is 39.2 Å². The molecule has 1 N–H and O–H groups in total. The van der Waals surface area contributed by atoms with E-state index in [0.717, 1.165) is 35.5 Å². The van der Waals surface area contributed by atoms with Crippen LogP contribution in [0.25, 0.3) is 6.08 Å². The molecule has 32 heavy (non-hydrogen) atoms. The molecular weight excluding hydrogens is 422 g/mol. The lowest BCUT2D eigenvalue weighted by atomic mass is 9.62. The first-order valence-corrected chi connectivity index (χ1v) is 12.6. The SMILES string of the molecule is C/C1=C/C[C@@H](/C(C)=C/c2csc(C)n2)OC(=O)CCC2(C)C[C@@H](CCC1)[C@H](O)[C@@H](C)C2=O. The van der Waals surface area contributed by atoms with Crippen molar-refractivity contribution in [3.05, 3.63) is 33.3 Å². The molecular formula is C26H37NO4S. The average Bonchev–Trinajstić information content (AvgIpc) is 3.15. The lowest BCUT2D eigenvalue weighted by molar-refractivity contribution is -0.151. The van der Waals surface area contributed by atoms with Crippen LogP contribution in [0.3, 0.4) is 0 Å². The van der Waals surface area contributed by atoms with Crippen molar-refractivity contribution >= 4 is 29.2 Å². The molecule has 0 spiro atoms. The Labute approximate surface area is 196 Å². The third-order valence-electron chi connectivity index (χ3n) is 7.22. The molecule has 0 amide bonds. The summed E-state index contributed by atoms with van der Waals surface area (Å²) in [5.41, 5.74) is 2.53. The lowest BCUT2D eigenvalue weighted by Gasteiger charge is -2.43. The molecule has 0 saturated heterocycles. The predicted octanol–water partition coefficient (Wildman–Crippen LogP) is 5.66. The molecule has 1 saturated carbocycles. The number of cyclic esters (lactones) is 1. The van der Waals surface area contributed by atoms with Gasteiger partial charge in [-0.1, -0.05) is 25.5 Å². The molecule has 2 heterocycles. The van der Waals surface area contributed by atoms with Gasteiger partial charge in [0.15, 0.2) is 0 Å². The van der Waals surface area contributed by atoms with Crippen molar-refractivity contribution in [2.75, 3.05) is 0 Å². The second kappa shape index (κ2) is 10.4. The zero-order valence-electron chi connectivity index (χ0n) is 20.0. The molecule has 5 nitrogen and oxygen atoms in total. The maximum atomic E-state index is 13.0. The highest BCUT2D eigenvalue weighted by atomic mass is 32.1. The highest BCUT2D eigenvalue weighted by Crippen LogP contribution is 2.44. The van der Waals surface area contributed by atoms with Crippen LogP contribution >= 0.6 is 11.3 Å². The van der Waals surface area contributed by atoms with Crippen molar-refractivity contribution in [3.8, 4) is 0 Å². The normalized spacial score (nSPS) is 34.9. The van der Waals surface area contributed by atoms with E-state index in [9.17, 15) is 14.7 Å². The largest absolute Gasteiger partial charge is 0.457 e. The van der Waals surface area contributed by atoms with Crippen LogP contribution < -0.4 is 0 Å². The number of fused-ring (bicyclic) bond motifs is 2. The number of aryl methyl sites for hydroxylation is 1. The summed E-state index contributed by atoms with van der Waals surface area (Å²) in [5, 5.41) is 13.7. The Hall–Kier alpha value is -1.79. The number of thiazole rings is 1. The van der Waals surface area contributed by atoms with Gasteiger partial charge in [0.05, 0.1) is 16.8 Å². The molecule has 0 radical (unpaired) electrons. The van der Waals surface area contributed by atoms with Crippen molar-refractivity contribution in [1.82, 2.24) is 4.98 Å². The Morgan fingerprint density at radius 1 is 1.31 bits per heavy atom. The Balaban J connectivity index is 1.82. The van der Waals surface area contributed by atoms with Gasteiger partial charge in [-0.2, -0.15) is 0 Å². The van der Waals surface area contributed by atoms with Gasteiger partial charge in [0.25, 0.3) is 0 Å². The van der Waals surface area contributed by atoms with Gasteiger partial charge < -0.3 is 9.84 Å². The Morgan fingerprint density at radius 3 is 2.75 bits per heavy atom. The number of aliphatic hydroxyl groups excluding tert-OH is 1. The van der Waals surface area contributed by atoms with Crippen LogP contribution in [0.1, 0.15) is 83.3 Å². The first kappa shape index (κ1) is 24.8.